The van der Waals surface area contributed by atoms with Crippen molar-refractivity contribution in [3.05, 3.63) is 58.7 Å². The molecule has 4 rings (SSSR count). The molecule has 174 valence electrons. The molecule has 1 fully saturated rings. The van der Waals surface area contributed by atoms with E-state index in [-0.39, 0.29) is 10.9 Å². The number of aryl methyl sites for hydroxylation is 1. The number of piperazine rings is 1. The van der Waals surface area contributed by atoms with Gasteiger partial charge in [0.15, 0.2) is 0 Å². The molecule has 9 heteroatoms. The summed E-state index contributed by atoms with van der Waals surface area (Å²) in [6, 6.07) is 7.61. The summed E-state index contributed by atoms with van der Waals surface area (Å²) in [7, 11) is -1.81. The van der Waals surface area contributed by atoms with Crippen LogP contribution in [0.1, 0.15) is 28.7 Å². The molecule has 0 bridgehead atoms. The number of hydrogen-bond acceptors (Lipinski definition) is 4. The minimum absolute atomic E-state index is 0.153. The van der Waals surface area contributed by atoms with Crippen molar-refractivity contribution in [2.75, 3.05) is 38.1 Å². The number of fused-ring (bicyclic) bond motifs is 1. The number of sulfonamides is 1. The molecule has 2 aromatic rings. The van der Waals surface area contributed by atoms with Crippen LogP contribution in [0.2, 0.25) is 0 Å². The second kappa shape index (κ2) is 8.68. The van der Waals surface area contributed by atoms with Gasteiger partial charge in [0.05, 0.1) is 10.5 Å². The zero-order valence-electron chi connectivity index (χ0n) is 18.2. The van der Waals surface area contributed by atoms with Gasteiger partial charge in [-0.05, 0) is 80.3 Å². The lowest BCUT2D eigenvalue weighted by atomic mass is 9.84. The SMILES string of the molecule is Cc1ccc(N2CCN(C)CC2)c2c1CC[C@@H](NS(=O)(=O)c1ccc(C(F)(F)F)cc1)C2. The van der Waals surface area contributed by atoms with Crippen molar-refractivity contribution in [2.45, 2.75) is 43.3 Å². The number of benzene rings is 2. The van der Waals surface area contributed by atoms with Gasteiger partial charge in [-0.25, -0.2) is 13.1 Å². The van der Waals surface area contributed by atoms with Crippen LogP contribution in [0.25, 0.3) is 0 Å². The average Bonchev–Trinajstić information content (AvgIpc) is 2.74. The smallest absolute Gasteiger partial charge is 0.369 e. The summed E-state index contributed by atoms with van der Waals surface area (Å²) in [6.45, 7) is 5.89. The van der Waals surface area contributed by atoms with E-state index in [1.54, 1.807) is 0 Å². The Morgan fingerprint density at radius 3 is 2.25 bits per heavy atom. The van der Waals surface area contributed by atoms with Crippen molar-refractivity contribution in [3.63, 3.8) is 0 Å². The van der Waals surface area contributed by atoms with Crippen molar-refractivity contribution in [3.8, 4) is 0 Å². The number of likely N-dealkylation sites (N-methyl/N-ethyl adjacent to an activating group) is 1. The first kappa shape index (κ1) is 23.1. The summed E-state index contributed by atoms with van der Waals surface area (Å²) >= 11 is 0. The molecule has 0 unspecified atom stereocenters. The van der Waals surface area contributed by atoms with Gasteiger partial charge >= 0.3 is 6.18 Å². The van der Waals surface area contributed by atoms with Gasteiger partial charge in [-0.15, -0.1) is 0 Å². The summed E-state index contributed by atoms with van der Waals surface area (Å²) in [5.74, 6) is 0. The van der Waals surface area contributed by atoms with Crippen LogP contribution >= 0.6 is 0 Å². The molecule has 32 heavy (non-hydrogen) atoms. The summed E-state index contributed by atoms with van der Waals surface area (Å²) in [6.07, 6.45) is -2.51. The van der Waals surface area contributed by atoms with E-state index in [9.17, 15) is 21.6 Å². The van der Waals surface area contributed by atoms with E-state index in [2.05, 4.69) is 40.6 Å². The number of nitrogens with one attached hydrogen (secondary N) is 1. The average molecular weight is 468 g/mol. The van der Waals surface area contributed by atoms with Crippen LogP contribution in [0.15, 0.2) is 41.3 Å². The van der Waals surface area contributed by atoms with Gasteiger partial charge in [-0.3, -0.25) is 0 Å². The predicted molar refractivity (Wildman–Crippen MR) is 118 cm³/mol. The van der Waals surface area contributed by atoms with Crippen LogP contribution in [-0.2, 0) is 29.0 Å². The Morgan fingerprint density at radius 2 is 1.62 bits per heavy atom. The van der Waals surface area contributed by atoms with Crippen molar-refractivity contribution < 1.29 is 21.6 Å². The van der Waals surface area contributed by atoms with Gasteiger partial charge in [0.2, 0.25) is 10.0 Å². The molecule has 0 aromatic heterocycles. The van der Waals surface area contributed by atoms with E-state index in [0.717, 1.165) is 62.6 Å². The highest BCUT2D eigenvalue weighted by molar-refractivity contribution is 7.89. The third-order valence-corrected chi connectivity index (χ3v) is 8.03. The number of hydrogen-bond donors (Lipinski definition) is 1. The minimum Gasteiger partial charge on any atom is -0.369 e. The molecule has 5 nitrogen and oxygen atoms in total. The van der Waals surface area contributed by atoms with Crippen molar-refractivity contribution in [1.82, 2.24) is 9.62 Å². The minimum atomic E-state index is -4.50. The molecular formula is C23H28F3N3O2S. The Balaban J connectivity index is 1.54. The molecular weight excluding hydrogens is 439 g/mol. The number of rotatable bonds is 4. The van der Waals surface area contributed by atoms with Crippen molar-refractivity contribution >= 4 is 15.7 Å². The first-order valence-corrected chi connectivity index (χ1v) is 12.3. The molecule has 1 aliphatic carbocycles. The topological polar surface area (TPSA) is 52.6 Å². The maximum Gasteiger partial charge on any atom is 0.416 e. The predicted octanol–water partition coefficient (Wildman–Crippen LogP) is 3.60. The zero-order valence-corrected chi connectivity index (χ0v) is 19.1. The standard InChI is InChI=1S/C23H28F3N3O2S/c1-16-3-10-22(29-13-11-28(2)12-14-29)21-15-18(6-9-20(16)21)27-32(30,31)19-7-4-17(5-8-19)23(24,25)26/h3-5,7-8,10,18,27H,6,9,11-15H2,1-2H3/t18-/m1/s1. The van der Waals surface area contributed by atoms with Crippen LogP contribution in [0.4, 0.5) is 18.9 Å². The van der Waals surface area contributed by atoms with Gasteiger partial charge in [0.25, 0.3) is 0 Å². The molecule has 0 radical (unpaired) electrons. The van der Waals surface area contributed by atoms with Crippen molar-refractivity contribution in [2.24, 2.45) is 0 Å². The summed E-state index contributed by atoms with van der Waals surface area (Å²) in [4.78, 5) is 4.50. The van der Waals surface area contributed by atoms with Gasteiger partial charge in [0, 0.05) is 37.9 Å². The fourth-order valence-corrected chi connectivity index (χ4v) is 5.87. The summed E-state index contributed by atoms with van der Waals surface area (Å²) in [5.41, 5.74) is 3.97. The fourth-order valence-electron chi connectivity index (χ4n) is 4.60. The molecule has 1 aliphatic heterocycles. The largest absolute Gasteiger partial charge is 0.416 e. The molecule has 2 aliphatic rings. The molecule has 1 N–H and O–H groups in total. The normalized spacial score (nSPS) is 20.3. The number of nitrogens with zero attached hydrogens (tertiary/aromatic N) is 2. The molecule has 1 atom stereocenters. The Hall–Kier alpha value is -2.10. The second-order valence-electron chi connectivity index (χ2n) is 8.73. The van der Waals surface area contributed by atoms with Crippen LogP contribution in [-0.4, -0.2) is 52.6 Å². The van der Waals surface area contributed by atoms with Crippen molar-refractivity contribution in [1.29, 1.82) is 0 Å². The van der Waals surface area contributed by atoms with Gasteiger partial charge in [0.1, 0.15) is 0 Å². The monoisotopic (exact) mass is 467 g/mol. The fraction of sp³-hybridized carbons (Fsp3) is 0.478. The number of anilines is 1. The lowest BCUT2D eigenvalue weighted by Crippen LogP contribution is -2.45. The van der Waals surface area contributed by atoms with E-state index >= 15 is 0 Å². The lowest BCUT2D eigenvalue weighted by Gasteiger charge is -2.37. The highest BCUT2D eigenvalue weighted by atomic mass is 32.2. The maximum atomic E-state index is 12.9. The van der Waals surface area contributed by atoms with Gasteiger partial charge in [-0.2, -0.15) is 13.2 Å². The third-order valence-electron chi connectivity index (χ3n) is 6.49. The van der Waals surface area contributed by atoms with Gasteiger partial charge < -0.3 is 9.80 Å². The number of alkyl halides is 3. The first-order chi connectivity index (χ1) is 15.0. The Morgan fingerprint density at radius 1 is 0.969 bits per heavy atom. The Kier molecular flexibility index (Phi) is 6.26. The molecule has 1 heterocycles. The Labute approximate surface area is 187 Å². The van der Waals surface area contributed by atoms with Gasteiger partial charge in [-0.1, -0.05) is 6.07 Å². The molecule has 0 amide bonds. The summed E-state index contributed by atoms with van der Waals surface area (Å²) < 4.78 is 66.9. The van der Waals surface area contributed by atoms with Crippen LogP contribution in [0.3, 0.4) is 0 Å². The highest BCUT2D eigenvalue weighted by Crippen LogP contribution is 2.34. The summed E-state index contributed by atoms with van der Waals surface area (Å²) in [5, 5.41) is 0. The maximum absolute atomic E-state index is 12.9. The van der Waals surface area contributed by atoms with E-state index in [1.807, 2.05) is 0 Å². The molecule has 2 aromatic carbocycles. The van der Waals surface area contributed by atoms with Crippen LogP contribution in [0.5, 0.6) is 0 Å². The highest BCUT2D eigenvalue weighted by Gasteiger charge is 2.32. The lowest BCUT2D eigenvalue weighted by molar-refractivity contribution is -0.137. The zero-order chi connectivity index (χ0) is 23.1. The molecule has 0 saturated carbocycles. The molecule has 1 saturated heterocycles. The van der Waals surface area contributed by atoms with Crippen LogP contribution in [0, 0.1) is 6.92 Å². The Bertz CT molecular complexity index is 1080. The van der Waals surface area contributed by atoms with E-state index < -0.39 is 21.8 Å². The van der Waals surface area contributed by atoms with Crippen LogP contribution < -0.4 is 9.62 Å². The number of halogens is 3. The first-order valence-electron chi connectivity index (χ1n) is 10.8. The molecule has 0 spiro atoms. The second-order valence-corrected chi connectivity index (χ2v) is 10.4. The van der Waals surface area contributed by atoms with E-state index in [0.29, 0.717) is 12.8 Å². The quantitative estimate of drug-likeness (QED) is 0.747. The van der Waals surface area contributed by atoms with E-state index in [4.69, 9.17) is 0 Å². The third kappa shape index (κ3) is 4.79. The van der Waals surface area contributed by atoms with E-state index in [1.165, 1.54) is 16.7 Å².